The van der Waals surface area contributed by atoms with Crippen molar-refractivity contribution in [2.75, 3.05) is 10.8 Å². The highest BCUT2D eigenvalue weighted by atomic mass is 32.2. The van der Waals surface area contributed by atoms with Crippen LogP contribution in [-0.2, 0) is 20.8 Å². The predicted molar refractivity (Wildman–Crippen MR) is 122 cm³/mol. The van der Waals surface area contributed by atoms with Gasteiger partial charge in [0.05, 0.1) is 11.4 Å². The van der Waals surface area contributed by atoms with E-state index in [4.69, 9.17) is 14.0 Å². The summed E-state index contributed by atoms with van der Waals surface area (Å²) in [5.74, 6) is 0.974. The van der Waals surface area contributed by atoms with Gasteiger partial charge in [-0.15, -0.1) is 4.28 Å². The van der Waals surface area contributed by atoms with E-state index in [2.05, 4.69) is 6.92 Å². The number of rotatable bonds is 8. The van der Waals surface area contributed by atoms with Crippen LogP contribution in [0.3, 0.4) is 0 Å². The van der Waals surface area contributed by atoms with Crippen LogP contribution in [0.1, 0.15) is 38.8 Å². The van der Waals surface area contributed by atoms with E-state index in [9.17, 15) is 8.42 Å². The van der Waals surface area contributed by atoms with Crippen LogP contribution < -0.4 is 9.80 Å². The van der Waals surface area contributed by atoms with Crippen LogP contribution in [-0.4, -0.2) is 19.2 Å². The zero-order valence-electron chi connectivity index (χ0n) is 17.7. The zero-order chi connectivity index (χ0) is 21.8. The standard InChI is InChI=1S/C24H26N2O4S/c1-3-5-10-18-11-8-13-20(25-18)19-12-9-16-23-24(19)26(30-31(27,28)17-4-2)21-14-6-7-15-22(21)29-23/h6-9,11-16H,3-5,10,17H2,1-2H3. The number of nitrogens with zero attached hydrogens (tertiary/aromatic N) is 2. The van der Waals surface area contributed by atoms with E-state index in [1.165, 1.54) is 5.06 Å². The summed E-state index contributed by atoms with van der Waals surface area (Å²) in [4.78, 5) is 4.82. The first-order chi connectivity index (χ1) is 15.0. The maximum absolute atomic E-state index is 12.6. The molecule has 1 aromatic heterocycles. The number of para-hydroxylation sites is 3. The number of hydrogen-bond donors (Lipinski definition) is 0. The molecule has 0 spiro atoms. The third kappa shape index (κ3) is 4.57. The number of unbranched alkanes of at least 4 members (excludes halogenated alkanes) is 1. The van der Waals surface area contributed by atoms with Crippen LogP contribution >= 0.6 is 0 Å². The number of anilines is 2. The normalized spacial score (nSPS) is 12.8. The summed E-state index contributed by atoms with van der Waals surface area (Å²) in [5, 5.41) is 1.37. The van der Waals surface area contributed by atoms with Crippen LogP contribution in [0.4, 0.5) is 11.4 Å². The van der Waals surface area contributed by atoms with Crippen molar-refractivity contribution in [2.24, 2.45) is 0 Å². The maximum atomic E-state index is 12.6. The Kier molecular flexibility index (Phi) is 6.25. The van der Waals surface area contributed by atoms with Gasteiger partial charge in [0.15, 0.2) is 11.5 Å². The largest absolute Gasteiger partial charge is 0.453 e. The lowest BCUT2D eigenvalue weighted by molar-refractivity contribution is 0.308. The summed E-state index contributed by atoms with van der Waals surface area (Å²) in [6.45, 7) is 3.96. The molecule has 0 aliphatic carbocycles. The minimum Gasteiger partial charge on any atom is -0.453 e. The highest BCUT2D eigenvalue weighted by Crippen LogP contribution is 2.50. The van der Waals surface area contributed by atoms with Crippen molar-refractivity contribution < 1.29 is 17.4 Å². The summed E-state index contributed by atoms with van der Waals surface area (Å²) < 4.78 is 37.0. The Morgan fingerprint density at radius 3 is 2.52 bits per heavy atom. The Labute approximate surface area is 183 Å². The Balaban J connectivity index is 1.84. The topological polar surface area (TPSA) is 68.7 Å². The van der Waals surface area contributed by atoms with E-state index in [1.807, 2.05) is 42.5 Å². The van der Waals surface area contributed by atoms with Crippen molar-refractivity contribution in [3.8, 4) is 22.8 Å². The van der Waals surface area contributed by atoms with Gasteiger partial charge < -0.3 is 4.74 Å². The van der Waals surface area contributed by atoms with E-state index >= 15 is 0 Å². The predicted octanol–water partition coefficient (Wildman–Crippen LogP) is 6.01. The zero-order valence-corrected chi connectivity index (χ0v) is 18.6. The molecule has 31 heavy (non-hydrogen) atoms. The molecule has 2 aromatic carbocycles. The molecule has 0 N–H and O–H groups in total. The Bertz CT molecular complexity index is 1180. The molecule has 7 heteroatoms. The molecule has 162 valence electrons. The fourth-order valence-corrected chi connectivity index (χ4v) is 4.53. The lowest BCUT2D eigenvalue weighted by atomic mass is 10.0. The number of hydrogen-bond acceptors (Lipinski definition) is 6. The molecule has 0 bridgehead atoms. The average molecular weight is 439 g/mol. The summed E-state index contributed by atoms with van der Waals surface area (Å²) in [6.07, 6.45) is 3.51. The van der Waals surface area contributed by atoms with Gasteiger partial charge in [0.2, 0.25) is 0 Å². The lowest BCUT2D eigenvalue weighted by Crippen LogP contribution is -2.27. The van der Waals surface area contributed by atoms with Crippen molar-refractivity contribution in [2.45, 2.75) is 39.5 Å². The number of aromatic nitrogens is 1. The maximum Gasteiger partial charge on any atom is 0.288 e. The summed E-state index contributed by atoms with van der Waals surface area (Å²) in [5.41, 5.74) is 3.55. The number of aryl methyl sites for hydroxylation is 1. The first-order valence-electron chi connectivity index (χ1n) is 10.6. The molecule has 1 aliphatic heterocycles. The fraction of sp³-hybridized carbons (Fsp3) is 0.292. The van der Waals surface area contributed by atoms with E-state index < -0.39 is 10.1 Å². The first kappa shape index (κ1) is 21.3. The second kappa shape index (κ2) is 9.08. The van der Waals surface area contributed by atoms with Gasteiger partial charge >= 0.3 is 0 Å². The Morgan fingerprint density at radius 2 is 1.71 bits per heavy atom. The molecular weight excluding hydrogens is 412 g/mol. The van der Waals surface area contributed by atoms with Crippen LogP contribution in [0.5, 0.6) is 11.5 Å². The molecule has 0 atom stereocenters. The van der Waals surface area contributed by atoms with Crippen LogP contribution in [0.15, 0.2) is 60.7 Å². The first-order valence-corrected chi connectivity index (χ1v) is 12.2. The molecule has 0 amide bonds. The number of ether oxygens (including phenoxy) is 1. The summed E-state index contributed by atoms with van der Waals surface area (Å²) >= 11 is 0. The third-order valence-electron chi connectivity index (χ3n) is 5.02. The van der Waals surface area contributed by atoms with Crippen molar-refractivity contribution in [3.63, 3.8) is 0 Å². The molecular formula is C24H26N2O4S. The van der Waals surface area contributed by atoms with Gasteiger partial charge in [0.25, 0.3) is 10.1 Å². The van der Waals surface area contributed by atoms with Crippen molar-refractivity contribution >= 4 is 21.5 Å². The van der Waals surface area contributed by atoms with E-state index in [-0.39, 0.29) is 5.75 Å². The quantitative estimate of drug-likeness (QED) is 0.429. The highest BCUT2D eigenvalue weighted by Gasteiger charge is 2.32. The van der Waals surface area contributed by atoms with Crippen LogP contribution in [0.25, 0.3) is 11.3 Å². The highest BCUT2D eigenvalue weighted by molar-refractivity contribution is 7.86. The van der Waals surface area contributed by atoms with Gasteiger partial charge in [-0.2, -0.15) is 13.5 Å². The van der Waals surface area contributed by atoms with Gasteiger partial charge in [-0.3, -0.25) is 4.98 Å². The minimum absolute atomic E-state index is 0.0746. The molecule has 0 saturated heterocycles. The van der Waals surface area contributed by atoms with Gasteiger partial charge in [0, 0.05) is 11.3 Å². The molecule has 4 rings (SSSR count). The fourth-order valence-electron chi connectivity index (χ4n) is 3.58. The third-order valence-corrected chi connectivity index (χ3v) is 6.30. The molecule has 0 radical (unpaired) electrons. The van der Waals surface area contributed by atoms with Crippen molar-refractivity contribution in [1.82, 2.24) is 4.98 Å². The molecule has 1 aliphatic rings. The van der Waals surface area contributed by atoms with Crippen molar-refractivity contribution in [1.29, 1.82) is 0 Å². The van der Waals surface area contributed by atoms with E-state index in [1.54, 1.807) is 25.1 Å². The number of fused-ring (bicyclic) bond motifs is 2. The molecule has 2 heterocycles. The smallest absolute Gasteiger partial charge is 0.288 e. The molecule has 6 nitrogen and oxygen atoms in total. The van der Waals surface area contributed by atoms with Crippen LogP contribution in [0, 0.1) is 0 Å². The van der Waals surface area contributed by atoms with Crippen molar-refractivity contribution in [3.05, 3.63) is 66.4 Å². The number of pyridine rings is 1. The Morgan fingerprint density at radius 1 is 0.935 bits per heavy atom. The minimum atomic E-state index is -3.79. The average Bonchev–Trinajstić information content (AvgIpc) is 2.77. The molecule has 0 unspecified atom stereocenters. The van der Waals surface area contributed by atoms with Crippen LogP contribution in [0.2, 0.25) is 0 Å². The second-order valence-electron chi connectivity index (χ2n) is 7.47. The lowest BCUT2D eigenvalue weighted by Gasteiger charge is -2.32. The summed E-state index contributed by atoms with van der Waals surface area (Å²) in [7, 11) is -3.79. The van der Waals surface area contributed by atoms with E-state index in [0.29, 0.717) is 29.3 Å². The molecule has 3 aromatic rings. The molecule has 0 fully saturated rings. The monoisotopic (exact) mass is 438 g/mol. The van der Waals surface area contributed by atoms with Gasteiger partial charge in [0.1, 0.15) is 11.4 Å². The van der Waals surface area contributed by atoms with Gasteiger partial charge in [-0.05, 0) is 49.6 Å². The second-order valence-corrected chi connectivity index (χ2v) is 9.14. The van der Waals surface area contributed by atoms with Gasteiger partial charge in [-0.25, -0.2) is 0 Å². The molecule has 0 saturated carbocycles. The SMILES string of the molecule is CCCCc1cccc(-c2cccc3c2N(OS(=O)(=O)CCC)c2ccccc2O3)n1. The number of benzene rings is 2. The Hall–Kier alpha value is -2.90. The van der Waals surface area contributed by atoms with E-state index in [0.717, 1.165) is 36.2 Å². The van der Waals surface area contributed by atoms with Gasteiger partial charge in [-0.1, -0.05) is 50.6 Å². The summed E-state index contributed by atoms with van der Waals surface area (Å²) in [6, 6.07) is 18.7.